The lowest BCUT2D eigenvalue weighted by molar-refractivity contribution is -0.133. The van der Waals surface area contributed by atoms with Gasteiger partial charge in [-0.15, -0.1) is 0 Å². The molecule has 1 unspecified atom stereocenters. The first-order valence-electron chi connectivity index (χ1n) is 9.62. The minimum Gasteiger partial charge on any atom is -0.361 e. The number of nitrogens with one attached hydrogen (secondary N) is 1. The maximum atomic E-state index is 12.5. The standard InChI is InChI=1S/C20H29N3O3S/c1-16-6-5-11-22(15-16)20(24)10-13-23(27(2,25)26)12-9-17-14-21-19-8-4-3-7-18(17)19/h3-4,7-8,14,16,21H,5-6,9-13,15H2,1-2H3. The van der Waals surface area contributed by atoms with Crippen LogP contribution in [0.4, 0.5) is 0 Å². The number of hydrogen-bond donors (Lipinski definition) is 1. The number of aromatic nitrogens is 1. The van der Waals surface area contributed by atoms with Crippen molar-refractivity contribution in [1.29, 1.82) is 0 Å². The molecule has 3 rings (SSSR count). The lowest BCUT2D eigenvalue weighted by atomic mass is 10.00. The van der Waals surface area contributed by atoms with E-state index in [1.807, 2.05) is 35.4 Å². The van der Waals surface area contributed by atoms with Gasteiger partial charge in [-0.1, -0.05) is 25.1 Å². The fourth-order valence-electron chi connectivity index (χ4n) is 3.82. The van der Waals surface area contributed by atoms with Gasteiger partial charge in [-0.3, -0.25) is 4.79 Å². The number of hydrogen-bond acceptors (Lipinski definition) is 3. The zero-order valence-corrected chi connectivity index (χ0v) is 17.0. The molecule has 0 saturated carbocycles. The second kappa shape index (κ2) is 8.44. The molecular formula is C20H29N3O3S. The SMILES string of the molecule is CC1CCCN(C(=O)CCN(CCc2c[nH]c3ccccc23)S(C)(=O)=O)C1. The molecule has 0 aliphatic carbocycles. The van der Waals surface area contributed by atoms with Crippen LogP contribution in [0.15, 0.2) is 30.5 Å². The molecular weight excluding hydrogens is 362 g/mol. The van der Waals surface area contributed by atoms with E-state index in [4.69, 9.17) is 0 Å². The molecule has 2 aromatic rings. The van der Waals surface area contributed by atoms with Gasteiger partial charge < -0.3 is 9.88 Å². The van der Waals surface area contributed by atoms with Crippen LogP contribution in [0.3, 0.4) is 0 Å². The normalized spacial score (nSPS) is 18.3. The Labute approximate surface area is 161 Å². The van der Waals surface area contributed by atoms with Gasteiger partial charge in [-0.05, 0) is 36.8 Å². The number of nitrogens with zero attached hydrogens (tertiary/aromatic N) is 2. The van der Waals surface area contributed by atoms with Crippen LogP contribution in [-0.2, 0) is 21.2 Å². The monoisotopic (exact) mass is 391 g/mol. The van der Waals surface area contributed by atoms with Crippen molar-refractivity contribution < 1.29 is 13.2 Å². The van der Waals surface area contributed by atoms with Crippen LogP contribution >= 0.6 is 0 Å². The Bertz CT molecular complexity index is 891. The molecule has 1 N–H and O–H groups in total. The predicted molar refractivity (Wildman–Crippen MR) is 108 cm³/mol. The van der Waals surface area contributed by atoms with E-state index in [1.54, 1.807) is 0 Å². The molecule has 1 aromatic heterocycles. The average molecular weight is 392 g/mol. The zero-order chi connectivity index (χ0) is 19.4. The molecule has 1 aliphatic rings. The Morgan fingerprint density at radius 1 is 1.30 bits per heavy atom. The summed E-state index contributed by atoms with van der Waals surface area (Å²) in [7, 11) is -3.36. The third kappa shape index (κ3) is 5.11. The van der Waals surface area contributed by atoms with Crippen molar-refractivity contribution in [2.75, 3.05) is 32.4 Å². The largest absolute Gasteiger partial charge is 0.361 e. The van der Waals surface area contributed by atoms with Crippen LogP contribution in [0.5, 0.6) is 0 Å². The van der Waals surface area contributed by atoms with Crippen molar-refractivity contribution >= 4 is 26.8 Å². The molecule has 1 saturated heterocycles. The molecule has 1 aliphatic heterocycles. The summed E-state index contributed by atoms with van der Waals surface area (Å²) in [6, 6.07) is 7.99. The van der Waals surface area contributed by atoms with Crippen molar-refractivity contribution in [3.05, 3.63) is 36.0 Å². The molecule has 7 heteroatoms. The number of sulfonamides is 1. The number of benzene rings is 1. The predicted octanol–water partition coefficient (Wildman–Crippen LogP) is 2.62. The van der Waals surface area contributed by atoms with E-state index in [0.29, 0.717) is 18.9 Å². The summed E-state index contributed by atoms with van der Waals surface area (Å²) in [5.74, 6) is 0.581. The first-order chi connectivity index (χ1) is 12.8. The Hall–Kier alpha value is -1.86. The Balaban J connectivity index is 1.60. The summed E-state index contributed by atoms with van der Waals surface area (Å²) >= 11 is 0. The van der Waals surface area contributed by atoms with E-state index in [9.17, 15) is 13.2 Å². The summed E-state index contributed by atoms with van der Waals surface area (Å²) in [5.41, 5.74) is 2.14. The van der Waals surface area contributed by atoms with Gasteiger partial charge in [0.25, 0.3) is 0 Å². The highest BCUT2D eigenvalue weighted by Crippen LogP contribution is 2.19. The third-order valence-electron chi connectivity index (χ3n) is 5.36. The molecule has 27 heavy (non-hydrogen) atoms. The highest BCUT2D eigenvalue weighted by molar-refractivity contribution is 7.88. The minimum absolute atomic E-state index is 0.0577. The maximum Gasteiger partial charge on any atom is 0.223 e. The summed E-state index contributed by atoms with van der Waals surface area (Å²) in [4.78, 5) is 17.6. The number of piperidine rings is 1. The van der Waals surface area contributed by atoms with Crippen LogP contribution in [0.1, 0.15) is 31.7 Å². The van der Waals surface area contributed by atoms with Gasteiger partial charge in [-0.2, -0.15) is 0 Å². The number of para-hydroxylation sites is 1. The number of fused-ring (bicyclic) bond motifs is 1. The molecule has 148 valence electrons. The summed E-state index contributed by atoms with van der Waals surface area (Å²) in [6.45, 7) is 4.35. The third-order valence-corrected chi connectivity index (χ3v) is 6.66. The quantitative estimate of drug-likeness (QED) is 0.788. The van der Waals surface area contributed by atoms with Crippen LogP contribution in [-0.4, -0.2) is 60.9 Å². The molecule has 0 spiro atoms. The topological polar surface area (TPSA) is 73.5 Å². The summed E-state index contributed by atoms with van der Waals surface area (Å²) < 4.78 is 25.8. The lowest BCUT2D eigenvalue weighted by Gasteiger charge is -2.31. The average Bonchev–Trinajstić information content (AvgIpc) is 3.03. The number of amides is 1. The van der Waals surface area contributed by atoms with Gasteiger partial charge >= 0.3 is 0 Å². The van der Waals surface area contributed by atoms with Crippen LogP contribution in [0, 0.1) is 5.92 Å². The molecule has 0 bridgehead atoms. The van der Waals surface area contributed by atoms with Gasteiger partial charge in [0, 0.05) is 49.7 Å². The molecule has 1 atom stereocenters. The van der Waals surface area contributed by atoms with Gasteiger partial charge in [0.2, 0.25) is 15.9 Å². The molecule has 1 aromatic carbocycles. The Morgan fingerprint density at radius 2 is 2.07 bits per heavy atom. The highest BCUT2D eigenvalue weighted by atomic mass is 32.2. The van der Waals surface area contributed by atoms with E-state index < -0.39 is 10.0 Å². The van der Waals surface area contributed by atoms with Gasteiger partial charge in [0.15, 0.2) is 0 Å². The first-order valence-corrected chi connectivity index (χ1v) is 11.5. The number of carbonyl (C=O) groups excluding carboxylic acids is 1. The number of aromatic amines is 1. The maximum absolute atomic E-state index is 12.5. The van der Waals surface area contributed by atoms with Crippen molar-refractivity contribution in [3.8, 4) is 0 Å². The summed E-state index contributed by atoms with van der Waals surface area (Å²) in [6.07, 6.45) is 6.20. The van der Waals surface area contributed by atoms with Crippen LogP contribution < -0.4 is 0 Å². The second-order valence-electron chi connectivity index (χ2n) is 7.61. The van der Waals surface area contributed by atoms with Crippen LogP contribution in [0.2, 0.25) is 0 Å². The van der Waals surface area contributed by atoms with Gasteiger partial charge in [0.05, 0.1) is 6.26 Å². The number of likely N-dealkylation sites (tertiary alicyclic amines) is 1. The highest BCUT2D eigenvalue weighted by Gasteiger charge is 2.23. The first kappa shape index (κ1) is 19.9. The smallest absolute Gasteiger partial charge is 0.223 e. The zero-order valence-electron chi connectivity index (χ0n) is 16.1. The van der Waals surface area contributed by atoms with Gasteiger partial charge in [0.1, 0.15) is 0 Å². The number of H-pyrrole nitrogens is 1. The van der Waals surface area contributed by atoms with E-state index in [0.717, 1.165) is 42.4 Å². The minimum atomic E-state index is -3.36. The molecule has 1 fully saturated rings. The van der Waals surface area contributed by atoms with E-state index in [1.165, 1.54) is 10.6 Å². The van der Waals surface area contributed by atoms with E-state index >= 15 is 0 Å². The van der Waals surface area contributed by atoms with E-state index in [-0.39, 0.29) is 18.9 Å². The number of rotatable bonds is 7. The van der Waals surface area contributed by atoms with E-state index in [2.05, 4.69) is 11.9 Å². The second-order valence-corrected chi connectivity index (χ2v) is 9.59. The van der Waals surface area contributed by atoms with Crippen molar-refractivity contribution in [2.45, 2.75) is 32.6 Å². The van der Waals surface area contributed by atoms with Crippen LogP contribution in [0.25, 0.3) is 10.9 Å². The van der Waals surface area contributed by atoms with Gasteiger partial charge in [-0.25, -0.2) is 12.7 Å². The molecule has 2 heterocycles. The van der Waals surface area contributed by atoms with Crippen molar-refractivity contribution in [1.82, 2.24) is 14.2 Å². The van der Waals surface area contributed by atoms with Crippen molar-refractivity contribution in [2.24, 2.45) is 5.92 Å². The summed E-state index contributed by atoms with van der Waals surface area (Å²) in [5, 5.41) is 1.12. The van der Waals surface area contributed by atoms with Crippen molar-refractivity contribution in [3.63, 3.8) is 0 Å². The molecule has 1 amide bonds. The molecule has 0 radical (unpaired) electrons. The fraction of sp³-hybridized carbons (Fsp3) is 0.550. The Kier molecular flexibility index (Phi) is 6.22. The lowest BCUT2D eigenvalue weighted by Crippen LogP contribution is -2.41. The fourth-order valence-corrected chi connectivity index (χ4v) is 4.67. The Morgan fingerprint density at radius 3 is 2.81 bits per heavy atom. The number of carbonyl (C=O) groups is 1. The molecule has 6 nitrogen and oxygen atoms in total.